The van der Waals surface area contributed by atoms with E-state index in [1.54, 1.807) is 36.4 Å². The highest BCUT2D eigenvalue weighted by Gasteiger charge is 2.22. The summed E-state index contributed by atoms with van der Waals surface area (Å²) in [6.07, 6.45) is 0.367. The van der Waals surface area contributed by atoms with Gasteiger partial charge in [0.15, 0.2) is 35.6 Å². The van der Waals surface area contributed by atoms with E-state index in [1.807, 2.05) is 13.8 Å². The molecule has 2 fully saturated rings. The number of esters is 2. The quantitative estimate of drug-likeness (QED) is 0.301. The van der Waals surface area contributed by atoms with Crippen molar-refractivity contribution in [3.05, 3.63) is 47.5 Å². The zero-order valence-corrected chi connectivity index (χ0v) is 21.8. The van der Waals surface area contributed by atoms with Crippen molar-refractivity contribution in [2.45, 2.75) is 52.1 Å². The van der Waals surface area contributed by atoms with Crippen LogP contribution in [0.1, 0.15) is 63.2 Å². The van der Waals surface area contributed by atoms with Gasteiger partial charge in [0.05, 0.1) is 52.5 Å². The molecule has 0 spiro atoms. The largest absolute Gasteiger partial charge is 0.490 e. The number of rotatable bonds is 11. The Bertz CT molecular complexity index is 988. The van der Waals surface area contributed by atoms with Gasteiger partial charge in [-0.05, 0) is 63.1 Å². The van der Waals surface area contributed by atoms with E-state index < -0.39 is 24.5 Å². The number of carbonyl (C=O) groups is 2. The lowest BCUT2D eigenvalue weighted by Crippen LogP contribution is -2.18. The molecule has 2 aliphatic rings. The maximum Gasteiger partial charge on any atom is 0.311 e. The highest BCUT2D eigenvalue weighted by molar-refractivity contribution is 5.80. The Labute approximate surface area is 222 Å². The first-order valence-electron chi connectivity index (χ1n) is 13.0. The molecular formula is C28H34O10. The van der Waals surface area contributed by atoms with Gasteiger partial charge >= 0.3 is 11.9 Å². The number of hydrogen-bond donors (Lipinski definition) is 0. The molecular weight excluding hydrogens is 496 g/mol. The second kappa shape index (κ2) is 14.1. The molecule has 4 rings (SSSR count). The minimum Gasteiger partial charge on any atom is -0.490 e. The summed E-state index contributed by atoms with van der Waals surface area (Å²) < 4.78 is 44.8. The summed E-state index contributed by atoms with van der Waals surface area (Å²) in [7, 11) is 0. The van der Waals surface area contributed by atoms with E-state index in [9.17, 15) is 9.59 Å². The van der Waals surface area contributed by atoms with Crippen LogP contribution in [0.15, 0.2) is 36.4 Å². The molecule has 0 atom stereocenters. The van der Waals surface area contributed by atoms with Crippen molar-refractivity contribution in [2.24, 2.45) is 0 Å². The standard InChI is InChI=1S/C28H34O10/c1-3-31-23-17-19(27-33-13-5-14-34-27)7-9-21(23)37-25(29)11-12-26(30)38-22-10-8-20(18-24(22)32-4-2)28-35-15-6-16-36-28/h7-10,17-18,27-28H,3-6,11-16H2,1-2H3. The molecule has 2 aromatic rings. The Morgan fingerprint density at radius 2 is 1.05 bits per heavy atom. The third kappa shape index (κ3) is 7.67. The van der Waals surface area contributed by atoms with Crippen LogP contribution in [0.25, 0.3) is 0 Å². The Kier molecular flexibility index (Phi) is 10.3. The van der Waals surface area contributed by atoms with Gasteiger partial charge in [-0.1, -0.05) is 0 Å². The lowest BCUT2D eigenvalue weighted by molar-refractivity contribution is -0.183. The predicted molar refractivity (Wildman–Crippen MR) is 134 cm³/mol. The first-order chi connectivity index (χ1) is 18.6. The van der Waals surface area contributed by atoms with Gasteiger partial charge in [-0.25, -0.2) is 0 Å². The van der Waals surface area contributed by atoms with Gasteiger partial charge in [-0.15, -0.1) is 0 Å². The molecule has 0 bridgehead atoms. The van der Waals surface area contributed by atoms with Crippen LogP contribution in [0.3, 0.4) is 0 Å². The molecule has 0 radical (unpaired) electrons. The lowest BCUT2D eigenvalue weighted by atomic mass is 10.2. The minimum absolute atomic E-state index is 0.174. The topological polar surface area (TPSA) is 108 Å². The van der Waals surface area contributed by atoms with Crippen LogP contribution in [0.4, 0.5) is 0 Å². The average Bonchev–Trinajstić information content (AvgIpc) is 2.95. The van der Waals surface area contributed by atoms with Crippen LogP contribution in [0, 0.1) is 0 Å². The first-order valence-corrected chi connectivity index (χ1v) is 13.0. The zero-order chi connectivity index (χ0) is 26.7. The van der Waals surface area contributed by atoms with E-state index in [-0.39, 0.29) is 24.3 Å². The van der Waals surface area contributed by atoms with Crippen LogP contribution in [0.2, 0.25) is 0 Å². The Balaban J connectivity index is 1.33. The molecule has 0 aliphatic carbocycles. The van der Waals surface area contributed by atoms with E-state index in [4.69, 9.17) is 37.9 Å². The normalized spacial score (nSPS) is 16.6. The van der Waals surface area contributed by atoms with Gasteiger partial charge in [-0.2, -0.15) is 0 Å². The highest BCUT2D eigenvalue weighted by Crippen LogP contribution is 2.35. The van der Waals surface area contributed by atoms with Crippen molar-refractivity contribution >= 4 is 11.9 Å². The Morgan fingerprint density at radius 3 is 1.42 bits per heavy atom. The molecule has 2 saturated heterocycles. The molecule has 0 aromatic heterocycles. The second-order valence-electron chi connectivity index (χ2n) is 8.58. The fourth-order valence-corrected chi connectivity index (χ4v) is 3.96. The van der Waals surface area contributed by atoms with E-state index in [1.165, 1.54) is 0 Å². The van der Waals surface area contributed by atoms with Gasteiger partial charge in [-0.3, -0.25) is 9.59 Å². The molecule has 10 nitrogen and oxygen atoms in total. The van der Waals surface area contributed by atoms with Crippen LogP contribution in [0.5, 0.6) is 23.0 Å². The Morgan fingerprint density at radius 1 is 0.658 bits per heavy atom. The smallest absolute Gasteiger partial charge is 0.311 e. The van der Waals surface area contributed by atoms with Crippen LogP contribution in [-0.4, -0.2) is 51.6 Å². The lowest BCUT2D eigenvalue weighted by Gasteiger charge is -2.24. The highest BCUT2D eigenvalue weighted by atomic mass is 16.7. The average molecular weight is 531 g/mol. The molecule has 0 unspecified atom stereocenters. The van der Waals surface area contributed by atoms with Crippen molar-refractivity contribution in [1.82, 2.24) is 0 Å². The summed E-state index contributed by atoms with van der Waals surface area (Å²) in [6, 6.07) is 10.3. The van der Waals surface area contributed by atoms with Gasteiger partial charge < -0.3 is 37.9 Å². The SMILES string of the molecule is CCOc1cc(C2OCCCO2)ccc1OC(=O)CCC(=O)Oc1ccc(C2OCCCO2)cc1OCC. The van der Waals surface area contributed by atoms with Crippen LogP contribution < -0.4 is 18.9 Å². The number of carbonyl (C=O) groups excluding carboxylic acids is 2. The third-order valence-corrected chi connectivity index (χ3v) is 5.71. The molecule has 38 heavy (non-hydrogen) atoms. The van der Waals surface area contributed by atoms with Crippen molar-refractivity contribution in [3.63, 3.8) is 0 Å². The second-order valence-corrected chi connectivity index (χ2v) is 8.58. The Hall–Kier alpha value is -3.18. The van der Waals surface area contributed by atoms with Crippen LogP contribution >= 0.6 is 0 Å². The molecule has 10 heteroatoms. The monoisotopic (exact) mass is 530 g/mol. The summed E-state index contributed by atoms with van der Waals surface area (Å²) >= 11 is 0. The van der Waals surface area contributed by atoms with Crippen molar-refractivity contribution < 1.29 is 47.5 Å². The van der Waals surface area contributed by atoms with Crippen LogP contribution in [-0.2, 0) is 28.5 Å². The third-order valence-electron chi connectivity index (χ3n) is 5.71. The summed E-state index contributed by atoms with van der Waals surface area (Å²) in [5, 5.41) is 0. The first kappa shape index (κ1) is 27.8. The predicted octanol–water partition coefficient (Wildman–Crippen LogP) is 4.65. The number of hydrogen-bond acceptors (Lipinski definition) is 10. The van der Waals surface area contributed by atoms with E-state index in [2.05, 4.69) is 0 Å². The summed E-state index contributed by atoms with van der Waals surface area (Å²) in [5.41, 5.74) is 1.54. The van der Waals surface area contributed by atoms with E-state index >= 15 is 0 Å². The zero-order valence-electron chi connectivity index (χ0n) is 21.8. The number of benzene rings is 2. The number of ether oxygens (including phenoxy) is 8. The van der Waals surface area contributed by atoms with Gasteiger partial charge in [0.1, 0.15) is 0 Å². The molecule has 0 saturated carbocycles. The fraction of sp³-hybridized carbons (Fsp3) is 0.500. The van der Waals surface area contributed by atoms with Crippen molar-refractivity contribution in [1.29, 1.82) is 0 Å². The summed E-state index contributed by atoms with van der Waals surface area (Å²) in [5.74, 6) is 0.120. The van der Waals surface area contributed by atoms with Crippen molar-refractivity contribution in [3.8, 4) is 23.0 Å². The summed E-state index contributed by atoms with van der Waals surface area (Å²) in [4.78, 5) is 25.0. The molecule has 206 valence electrons. The minimum atomic E-state index is -0.590. The van der Waals surface area contributed by atoms with E-state index in [0.29, 0.717) is 51.1 Å². The van der Waals surface area contributed by atoms with E-state index in [0.717, 1.165) is 24.0 Å². The maximum absolute atomic E-state index is 12.5. The maximum atomic E-state index is 12.5. The van der Waals surface area contributed by atoms with Gasteiger partial charge in [0.2, 0.25) is 0 Å². The summed E-state index contributed by atoms with van der Waals surface area (Å²) in [6.45, 7) is 6.88. The molecule has 0 N–H and O–H groups in total. The van der Waals surface area contributed by atoms with Gasteiger partial charge in [0.25, 0.3) is 0 Å². The fourth-order valence-electron chi connectivity index (χ4n) is 3.96. The molecule has 2 heterocycles. The molecule has 0 amide bonds. The molecule has 2 aromatic carbocycles. The van der Waals surface area contributed by atoms with Crippen molar-refractivity contribution in [2.75, 3.05) is 39.6 Å². The molecule has 2 aliphatic heterocycles. The van der Waals surface area contributed by atoms with Gasteiger partial charge in [0, 0.05) is 11.1 Å².